The standard InChI is InChI=1S/C12H13FN2OS/c13-7-1-3-9-11(5-7)17-12(15-9)10-4-2-8(6-14)16-10/h1,3,5,8,10H,2,4,6,14H2. The van der Waals surface area contributed by atoms with Crippen LogP contribution in [0.15, 0.2) is 18.2 Å². The number of hydrogen-bond donors (Lipinski definition) is 1. The van der Waals surface area contributed by atoms with E-state index in [-0.39, 0.29) is 18.0 Å². The molecule has 90 valence electrons. The van der Waals surface area contributed by atoms with E-state index in [1.807, 2.05) is 0 Å². The van der Waals surface area contributed by atoms with Gasteiger partial charge >= 0.3 is 0 Å². The Bertz CT molecular complexity index is 542. The first kappa shape index (κ1) is 11.1. The molecule has 0 saturated carbocycles. The van der Waals surface area contributed by atoms with Crippen molar-refractivity contribution in [3.05, 3.63) is 29.0 Å². The molecule has 1 saturated heterocycles. The molecule has 1 aromatic carbocycles. The molecule has 17 heavy (non-hydrogen) atoms. The fraction of sp³-hybridized carbons (Fsp3) is 0.417. The van der Waals surface area contributed by atoms with Crippen LogP contribution in [0.3, 0.4) is 0 Å². The number of ether oxygens (including phenoxy) is 1. The molecule has 2 atom stereocenters. The molecule has 0 spiro atoms. The zero-order chi connectivity index (χ0) is 11.8. The summed E-state index contributed by atoms with van der Waals surface area (Å²) in [5.74, 6) is -0.222. The van der Waals surface area contributed by atoms with Gasteiger partial charge in [0.25, 0.3) is 0 Å². The molecule has 5 heteroatoms. The van der Waals surface area contributed by atoms with Gasteiger partial charge < -0.3 is 10.5 Å². The second-order valence-corrected chi connectivity index (χ2v) is 5.29. The van der Waals surface area contributed by atoms with E-state index in [4.69, 9.17) is 10.5 Å². The second-order valence-electron chi connectivity index (χ2n) is 4.22. The van der Waals surface area contributed by atoms with Gasteiger partial charge in [0.2, 0.25) is 0 Å². The smallest absolute Gasteiger partial charge is 0.124 e. The second kappa shape index (κ2) is 4.33. The van der Waals surface area contributed by atoms with Crippen molar-refractivity contribution in [2.45, 2.75) is 25.0 Å². The highest BCUT2D eigenvalue weighted by molar-refractivity contribution is 7.18. The summed E-state index contributed by atoms with van der Waals surface area (Å²) in [6.45, 7) is 0.552. The zero-order valence-electron chi connectivity index (χ0n) is 9.23. The van der Waals surface area contributed by atoms with Gasteiger partial charge in [-0.3, -0.25) is 0 Å². The van der Waals surface area contributed by atoms with Gasteiger partial charge in [0.1, 0.15) is 16.9 Å². The van der Waals surface area contributed by atoms with Gasteiger partial charge in [-0.25, -0.2) is 9.37 Å². The molecule has 2 N–H and O–H groups in total. The van der Waals surface area contributed by atoms with Crippen molar-refractivity contribution in [2.75, 3.05) is 6.54 Å². The Kier molecular flexibility index (Phi) is 2.82. The monoisotopic (exact) mass is 252 g/mol. The molecule has 0 aliphatic carbocycles. The number of nitrogens with zero attached hydrogens (tertiary/aromatic N) is 1. The summed E-state index contributed by atoms with van der Waals surface area (Å²) in [4.78, 5) is 4.49. The number of benzene rings is 1. The van der Waals surface area contributed by atoms with Gasteiger partial charge in [0.05, 0.1) is 16.3 Å². The number of rotatable bonds is 2. The molecule has 1 aliphatic heterocycles. The maximum atomic E-state index is 13.1. The summed E-state index contributed by atoms with van der Waals surface area (Å²) in [5, 5.41) is 0.932. The number of nitrogens with two attached hydrogens (primary N) is 1. The lowest BCUT2D eigenvalue weighted by molar-refractivity contribution is 0.0498. The Morgan fingerprint density at radius 3 is 3.12 bits per heavy atom. The first-order chi connectivity index (χ1) is 8.26. The van der Waals surface area contributed by atoms with Crippen molar-refractivity contribution in [1.29, 1.82) is 0 Å². The minimum Gasteiger partial charge on any atom is -0.366 e. The summed E-state index contributed by atoms with van der Waals surface area (Å²) in [5.41, 5.74) is 6.42. The Morgan fingerprint density at radius 2 is 2.35 bits per heavy atom. The molecule has 0 bridgehead atoms. The van der Waals surface area contributed by atoms with Gasteiger partial charge in [-0.05, 0) is 31.0 Å². The van der Waals surface area contributed by atoms with Gasteiger partial charge in [-0.2, -0.15) is 0 Å². The Morgan fingerprint density at radius 1 is 1.47 bits per heavy atom. The molecule has 2 unspecified atom stereocenters. The lowest BCUT2D eigenvalue weighted by Crippen LogP contribution is -2.18. The highest BCUT2D eigenvalue weighted by atomic mass is 32.1. The molecule has 3 nitrogen and oxygen atoms in total. The van der Waals surface area contributed by atoms with Gasteiger partial charge in [0.15, 0.2) is 0 Å². The first-order valence-corrected chi connectivity index (χ1v) is 6.49. The van der Waals surface area contributed by atoms with E-state index >= 15 is 0 Å². The maximum absolute atomic E-state index is 13.1. The van der Waals surface area contributed by atoms with E-state index in [1.165, 1.54) is 23.5 Å². The number of fused-ring (bicyclic) bond motifs is 1. The number of halogens is 1. The summed E-state index contributed by atoms with van der Waals surface area (Å²) in [6.07, 6.45) is 2.10. The minimum absolute atomic E-state index is 0.0315. The number of thiazole rings is 1. The van der Waals surface area contributed by atoms with Crippen LogP contribution in [0.2, 0.25) is 0 Å². The van der Waals surface area contributed by atoms with Gasteiger partial charge in [-0.1, -0.05) is 0 Å². The van der Waals surface area contributed by atoms with Crippen molar-refractivity contribution in [1.82, 2.24) is 4.98 Å². The topological polar surface area (TPSA) is 48.1 Å². The van der Waals surface area contributed by atoms with Crippen LogP contribution >= 0.6 is 11.3 Å². The lowest BCUT2D eigenvalue weighted by atomic mass is 10.2. The Hall–Kier alpha value is -1.04. The van der Waals surface area contributed by atoms with Crippen molar-refractivity contribution in [2.24, 2.45) is 5.73 Å². The van der Waals surface area contributed by atoms with Crippen LogP contribution in [-0.2, 0) is 4.74 Å². The molecule has 3 rings (SSSR count). The molecular formula is C12H13FN2OS. The van der Waals surface area contributed by atoms with Crippen LogP contribution in [0.4, 0.5) is 4.39 Å². The molecule has 2 aromatic rings. The predicted octanol–water partition coefficient (Wildman–Crippen LogP) is 2.61. The van der Waals surface area contributed by atoms with E-state index < -0.39 is 0 Å². The van der Waals surface area contributed by atoms with Crippen molar-refractivity contribution >= 4 is 21.6 Å². The van der Waals surface area contributed by atoms with E-state index in [1.54, 1.807) is 6.07 Å². The first-order valence-electron chi connectivity index (χ1n) is 5.68. The van der Waals surface area contributed by atoms with Crippen LogP contribution in [0.1, 0.15) is 24.0 Å². The average molecular weight is 252 g/mol. The predicted molar refractivity (Wildman–Crippen MR) is 65.5 cm³/mol. The SMILES string of the molecule is NCC1CCC(c2nc3ccc(F)cc3s2)O1. The fourth-order valence-electron chi connectivity index (χ4n) is 2.11. The minimum atomic E-state index is -0.222. The normalized spacial score (nSPS) is 24.6. The maximum Gasteiger partial charge on any atom is 0.124 e. The van der Waals surface area contributed by atoms with Crippen LogP contribution < -0.4 is 5.73 Å². The van der Waals surface area contributed by atoms with Gasteiger partial charge in [-0.15, -0.1) is 11.3 Å². The number of hydrogen-bond acceptors (Lipinski definition) is 4. The molecule has 0 amide bonds. The highest BCUT2D eigenvalue weighted by Crippen LogP contribution is 2.36. The largest absolute Gasteiger partial charge is 0.366 e. The van der Waals surface area contributed by atoms with Crippen molar-refractivity contribution in [3.63, 3.8) is 0 Å². The Labute approximate surface area is 102 Å². The summed E-state index contributed by atoms with van der Waals surface area (Å²) in [7, 11) is 0. The summed E-state index contributed by atoms with van der Waals surface area (Å²) >= 11 is 1.50. The molecular weight excluding hydrogens is 239 g/mol. The van der Waals surface area contributed by atoms with Crippen LogP contribution in [0.25, 0.3) is 10.2 Å². The molecule has 0 radical (unpaired) electrons. The van der Waals surface area contributed by atoms with E-state index in [0.29, 0.717) is 6.54 Å². The molecule has 1 aliphatic rings. The fourth-order valence-corrected chi connectivity index (χ4v) is 3.18. The molecule has 2 heterocycles. The third-order valence-electron chi connectivity index (χ3n) is 3.01. The lowest BCUT2D eigenvalue weighted by Gasteiger charge is -2.08. The van der Waals surface area contributed by atoms with Crippen molar-refractivity contribution < 1.29 is 9.13 Å². The quantitative estimate of drug-likeness (QED) is 0.893. The molecule has 1 aromatic heterocycles. The Balaban J connectivity index is 1.91. The highest BCUT2D eigenvalue weighted by Gasteiger charge is 2.27. The zero-order valence-corrected chi connectivity index (χ0v) is 10.0. The van der Waals surface area contributed by atoms with Crippen molar-refractivity contribution in [3.8, 4) is 0 Å². The summed E-state index contributed by atoms with van der Waals surface area (Å²) in [6, 6.07) is 4.66. The third kappa shape index (κ3) is 2.06. The molecule has 1 fully saturated rings. The van der Waals surface area contributed by atoms with E-state index in [0.717, 1.165) is 28.1 Å². The van der Waals surface area contributed by atoms with Crippen LogP contribution in [0.5, 0.6) is 0 Å². The van der Waals surface area contributed by atoms with E-state index in [2.05, 4.69) is 4.98 Å². The van der Waals surface area contributed by atoms with Crippen LogP contribution in [-0.4, -0.2) is 17.6 Å². The van der Waals surface area contributed by atoms with E-state index in [9.17, 15) is 4.39 Å². The van der Waals surface area contributed by atoms with Crippen LogP contribution in [0, 0.1) is 5.82 Å². The number of aromatic nitrogens is 1. The van der Waals surface area contributed by atoms with Gasteiger partial charge in [0, 0.05) is 6.54 Å². The third-order valence-corrected chi connectivity index (χ3v) is 4.12. The average Bonchev–Trinajstić information content (AvgIpc) is 2.93. The summed E-state index contributed by atoms with van der Waals surface area (Å²) < 4.78 is 19.7.